The fourth-order valence-electron chi connectivity index (χ4n) is 4.05. The molecule has 1 aliphatic heterocycles. The minimum Gasteiger partial charge on any atom is -0.352 e. The lowest BCUT2D eigenvalue weighted by atomic mass is 10.0. The number of pyridine rings is 1. The van der Waals surface area contributed by atoms with E-state index in [0.717, 1.165) is 35.5 Å². The summed E-state index contributed by atoms with van der Waals surface area (Å²) in [6.45, 7) is 2.85. The molecule has 160 valence electrons. The van der Waals surface area contributed by atoms with Crippen LogP contribution in [0.1, 0.15) is 5.56 Å². The lowest BCUT2D eigenvalue weighted by Crippen LogP contribution is -2.49. The number of anilines is 3. The summed E-state index contributed by atoms with van der Waals surface area (Å²) >= 11 is 0. The quantitative estimate of drug-likeness (QED) is 0.527. The van der Waals surface area contributed by atoms with Gasteiger partial charge in [0.2, 0.25) is 5.91 Å². The molecule has 1 aliphatic rings. The molecule has 32 heavy (non-hydrogen) atoms. The van der Waals surface area contributed by atoms with Crippen molar-refractivity contribution in [1.29, 1.82) is 0 Å². The van der Waals surface area contributed by atoms with Crippen LogP contribution in [0.25, 0.3) is 10.8 Å². The molecule has 7 nitrogen and oxygen atoms in total. The lowest BCUT2D eigenvalue weighted by Gasteiger charge is -2.35. The van der Waals surface area contributed by atoms with Gasteiger partial charge in [-0.1, -0.05) is 42.5 Å². The number of nitrogens with one attached hydrogen (secondary N) is 1. The van der Waals surface area contributed by atoms with Crippen molar-refractivity contribution in [2.45, 2.75) is 6.42 Å². The third kappa shape index (κ3) is 4.37. The van der Waals surface area contributed by atoms with Gasteiger partial charge in [-0.2, -0.15) is 0 Å². The molecule has 0 saturated carbocycles. The third-order valence-corrected chi connectivity index (χ3v) is 5.76. The van der Waals surface area contributed by atoms with Crippen LogP contribution in [0.4, 0.5) is 17.3 Å². The largest absolute Gasteiger partial charge is 0.352 e. The second-order valence-electron chi connectivity index (χ2n) is 7.83. The Morgan fingerprint density at radius 3 is 2.50 bits per heavy atom. The maximum atomic E-state index is 12.9. The van der Waals surface area contributed by atoms with E-state index in [0.29, 0.717) is 25.3 Å². The Morgan fingerprint density at radius 2 is 1.72 bits per heavy atom. The van der Waals surface area contributed by atoms with E-state index in [9.17, 15) is 4.79 Å². The summed E-state index contributed by atoms with van der Waals surface area (Å²) in [5.41, 5.74) is 1.95. The number of hydrogen-bond acceptors (Lipinski definition) is 6. The number of nitrogens with zero attached hydrogens (tertiary/aromatic N) is 5. The van der Waals surface area contributed by atoms with Crippen LogP contribution in [0.15, 0.2) is 79.1 Å². The van der Waals surface area contributed by atoms with Gasteiger partial charge in [0.1, 0.15) is 0 Å². The summed E-state index contributed by atoms with van der Waals surface area (Å²) in [5.74, 6) is 1.66. The minimum absolute atomic E-state index is 0.170. The fourth-order valence-corrected chi connectivity index (χ4v) is 4.05. The number of rotatable bonds is 5. The molecule has 0 spiro atoms. The number of aromatic nitrogens is 3. The van der Waals surface area contributed by atoms with E-state index >= 15 is 0 Å². The summed E-state index contributed by atoms with van der Waals surface area (Å²) in [5, 5.41) is 14.1. The van der Waals surface area contributed by atoms with Crippen LogP contribution < -0.4 is 10.2 Å². The molecule has 7 heteroatoms. The van der Waals surface area contributed by atoms with Crippen molar-refractivity contribution in [2.75, 3.05) is 36.4 Å². The zero-order valence-electron chi connectivity index (χ0n) is 17.7. The van der Waals surface area contributed by atoms with Gasteiger partial charge >= 0.3 is 0 Å². The Kier molecular flexibility index (Phi) is 5.61. The van der Waals surface area contributed by atoms with Crippen molar-refractivity contribution in [2.24, 2.45) is 0 Å². The highest BCUT2D eigenvalue weighted by molar-refractivity contribution is 5.90. The fraction of sp³-hybridized carbons (Fsp3) is 0.200. The number of amides is 1. The van der Waals surface area contributed by atoms with Gasteiger partial charge in [-0.3, -0.25) is 9.78 Å². The summed E-state index contributed by atoms with van der Waals surface area (Å²) < 4.78 is 0. The number of benzene rings is 2. The van der Waals surface area contributed by atoms with E-state index in [-0.39, 0.29) is 5.91 Å². The normalized spacial score (nSPS) is 13.9. The van der Waals surface area contributed by atoms with Crippen molar-refractivity contribution in [3.63, 3.8) is 0 Å². The molecule has 1 saturated heterocycles. The SMILES string of the molecule is O=C(Cc1cccc2ccccc12)N1CCN(c2ccc(Nc3cccnc3)nn2)CC1. The van der Waals surface area contributed by atoms with Crippen LogP contribution in [0, 0.1) is 0 Å². The highest BCUT2D eigenvalue weighted by Crippen LogP contribution is 2.21. The third-order valence-electron chi connectivity index (χ3n) is 5.76. The predicted octanol–water partition coefficient (Wildman–Crippen LogP) is 3.66. The maximum Gasteiger partial charge on any atom is 0.227 e. The first-order valence-electron chi connectivity index (χ1n) is 10.8. The van der Waals surface area contributed by atoms with Gasteiger partial charge in [0.05, 0.1) is 18.3 Å². The number of carbonyl (C=O) groups is 1. The van der Waals surface area contributed by atoms with Gasteiger partial charge in [0.25, 0.3) is 0 Å². The zero-order chi connectivity index (χ0) is 21.8. The maximum absolute atomic E-state index is 12.9. The van der Waals surface area contributed by atoms with E-state index in [1.807, 2.05) is 53.4 Å². The molecule has 0 bridgehead atoms. The van der Waals surface area contributed by atoms with Gasteiger partial charge in [0, 0.05) is 32.4 Å². The molecular formula is C25H24N6O. The average molecular weight is 425 g/mol. The molecule has 3 heterocycles. The summed E-state index contributed by atoms with van der Waals surface area (Å²) in [6, 6.07) is 22.0. The number of fused-ring (bicyclic) bond motifs is 1. The van der Waals surface area contributed by atoms with E-state index in [2.05, 4.69) is 43.6 Å². The molecule has 1 N–H and O–H groups in total. The van der Waals surface area contributed by atoms with Crippen LogP contribution in [0.5, 0.6) is 0 Å². The molecule has 2 aromatic heterocycles. The van der Waals surface area contributed by atoms with Crippen molar-refractivity contribution in [3.05, 3.63) is 84.7 Å². The molecule has 1 fully saturated rings. The number of carbonyl (C=O) groups excluding carboxylic acids is 1. The van der Waals surface area contributed by atoms with Crippen LogP contribution >= 0.6 is 0 Å². The molecule has 0 atom stereocenters. The molecule has 0 unspecified atom stereocenters. The van der Waals surface area contributed by atoms with Crippen molar-refractivity contribution in [3.8, 4) is 0 Å². The minimum atomic E-state index is 0.170. The van der Waals surface area contributed by atoms with Crippen molar-refractivity contribution >= 4 is 34.0 Å². The first kappa shape index (κ1) is 19.9. The molecule has 2 aromatic carbocycles. The molecule has 5 rings (SSSR count). The van der Waals surface area contributed by atoms with Crippen molar-refractivity contribution in [1.82, 2.24) is 20.1 Å². The van der Waals surface area contributed by atoms with E-state index in [1.54, 1.807) is 12.4 Å². The standard InChI is InChI=1S/C25H24N6O/c32-25(17-20-7-3-6-19-5-1-2-9-22(19)20)31-15-13-30(14-16-31)24-11-10-23(28-29-24)27-21-8-4-12-26-18-21/h1-12,18H,13-17H2,(H,27,28). The highest BCUT2D eigenvalue weighted by atomic mass is 16.2. The van der Waals surface area contributed by atoms with Gasteiger partial charge in [-0.25, -0.2) is 0 Å². The lowest BCUT2D eigenvalue weighted by molar-refractivity contribution is -0.130. The molecule has 4 aromatic rings. The topological polar surface area (TPSA) is 74.2 Å². The zero-order valence-corrected chi connectivity index (χ0v) is 17.7. The van der Waals surface area contributed by atoms with E-state index in [1.165, 1.54) is 5.39 Å². The van der Waals surface area contributed by atoms with Gasteiger partial charge in [0.15, 0.2) is 11.6 Å². The molecule has 1 amide bonds. The first-order chi connectivity index (χ1) is 15.8. The summed E-state index contributed by atoms with van der Waals surface area (Å²) in [6.07, 6.45) is 3.90. The Bertz CT molecular complexity index is 1200. The van der Waals surface area contributed by atoms with Crippen LogP contribution in [-0.4, -0.2) is 52.2 Å². The number of hydrogen-bond donors (Lipinski definition) is 1. The van der Waals surface area contributed by atoms with E-state index < -0.39 is 0 Å². The molecule has 0 radical (unpaired) electrons. The van der Waals surface area contributed by atoms with Gasteiger partial charge in [-0.05, 0) is 40.6 Å². The second-order valence-corrected chi connectivity index (χ2v) is 7.83. The highest BCUT2D eigenvalue weighted by Gasteiger charge is 2.22. The van der Waals surface area contributed by atoms with E-state index in [4.69, 9.17) is 0 Å². The van der Waals surface area contributed by atoms with Crippen LogP contribution in [0.3, 0.4) is 0 Å². The Balaban J connectivity index is 1.18. The number of piperazine rings is 1. The summed E-state index contributed by atoms with van der Waals surface area (Å²) in [7, 11) is 0. The monoisotopic (exact) mass is 424 g/mol. The first-order valence-corrected chi connectivity index (χ1v) is 10.8. The smallest absolute Gasteiger partial charge is 0.227 e. The molecular weight excluding hydrogens is 400 g/mol. The summed E-state index contributed by atoms with van der Waals surface area (Å²) in [4.78, 5) is 21.1. The van der Waals surface area contributed by atoms with Gasteiger partial charge in [-0.15, -0.1) is 10.2 Å². The Labute approximate surface area is 186 Å². The Morgan fingerprint density at radius 1 is 0.875 bits per heavy atom. The predicted molar refractivity (Wildman–Crippen MR) is 126 cm³/mol. The average Bonchev–Trinajstić information content (AvgIpc) is 2.85. The van der Waals surface area contributed by atoms with Crippen LogP contribution in [0.2, 0.25) is 0 Å². The second kappa shape index (κ2) is 9.01. The van der Waals surface area contributed by atoms with Crippen molar-refractivity contribution < 1.29 is 4.79 Å². The molecule has 0 aliphatic carbocycles. The Hall–Kier alpha value is -4.00. The van der Waals surface area contributed by atoms with Gasteiger partial charge < -0.3 is 15.1 Å². The van der Waals surface area contributed by atoms with Crippen LogP contribution in [-0.2, 0) is 11.2 Å².